The van der Waals surface area contributed by atoms with Gasteiger partial charge in [-0.3, -0.25) is 0 Å². The number of nitrogens with zero attached hydrogens (tertiary/aromatic N) is 3. The molecule has 7 heteroatoms. The standard InChI is InChI=1S/C12H12ClN3O3/c1-7-3-4-14-9(5-7)16-11(13)10(12(17)18)8(15-16)6-19-2/h3-5H,6H2,1-2H3,(H,17,18). The van der Waals surface area contributed by atoms with E-state index in [1.165, 1.54) is 11.8 Å². The minimum absolute atomic E-state index is 0.0117. The predicted octanol–water partition coefficient (Wildman–Crippen LogP) is 2.07. The maximum Gasteiger partial charge on any atom is 0.340 e. The lowest BCUT2D eigenvalue weighted by Crippen LogP contribution is -2.01. The molecule has 0 aliphatic rings. The largest absolute Gasteiger partial charge is 0.478 e. The van der Waals surface area contributed by atoms with Crippen LogP contribution in [0.4, 0.5) is 0 Å². The smallest absolute Gasteiger partial charge is 0.340 e. The molecular weight excluding hydrogens is 270 g/mol. The summed E-state index contributed by atoms with van der Waals surface area (Å²) in [5.41, 5.74) is 1.18. The summed E-state index contributed by atoms with van der Waals surface area (Å²) in [5, 5.41) is 13.3. The van der Waals surface area contributed by atoms with E-state index in [0.717, 1.165) is 5.56 Å². The molecule has 1 N–H and O–H groups in total. The summed E-state index contributed by atoms with van der Waals surface area (Å²) in [4.78, 5) is 15.3. The van der Waals surface area contributed by atoms with Crippen molar-refractivity contribution in [3.05, 3.63) is 40.3 Å². The zero-order valence-corrected chi connectivity index (χ0v) is 11.2. The molecule has 0 atom stereocenters. The molecule has 100 valence electrons. The van der Waals surface area contributed by atoms with E-state index in [1.807, 2.05) is 13.0 Å². The molecule has 6 nitrogen and oxygen atoms in total. The fraction of sp³-hybridized carbons (Fsp3) is 0.250. The van der Waals surface area contributed by atoms with E-state index >= 15 is 0 Å². The summed E-state index contributed by atoms with van der Waals surface area (Å²) < 4.78 is 6.23. The number of aryl methyl sites for hydroxylation is 1. The highest BCUT2D eigenvalue weighted by molar-refractivity contribution is 6.32. The second-order valence-electron chi connectivity index (χ2n) is 3.95. The highest BCUT2D eigenvalue weighted by Crippen LogP contribution is 2.23. The third-order valence-electron chi connectivity index (χ3n) is 2.51. The van der Waals surface area contributed by atoms with Crippen molar-refractivity contribution >= 4 is 17.6 Å². The van der Waals surface area contributed by atoms with Gasteiger partial charge in [-0.1, -0.05) is 11.6 Å². The van der Waals surface area contributed by atoms with Crippen LogP contribution in [-0.2, 0) is 11.3 Å². The van der Waals surface area contributed by atoms with E-state index in [4.69, 9.17) is 16.3 Å². The first kappa shape index (κ1) is 13.5. The Morgan fingerprint density at radius 1 is 1.58 bits per heavy atom. The van der Waals surface area contributed by atoms with Crippen LogP contribution in [-0.4, -0.2) is 33.0 Å². The zero-order valence-electron chi connectivity index (χ0n) is 10.4. The fourth-order valence-corrected chi connectivity index (χ4v) is 1.99. The number of carboxylic acid groups (broad SMARTS) is 1. The van der Waals surface area contributed by atoms with Gasteiger partial charge in [-0.05, 0) is 24.6 Å². The van der Waals surface area contributed by atoms with Crippen molar-refractivity contribution in [2.45, 2.75) is 13.5 Å². The lowest BCUT2D eigenvalue weighted by atomic mass is 10.2. The van der Waals surface area contributed by atoms with Crippen LogP contribution in [0.1, 0.15) is 21.6 Å². The Morgan fingerprint density at radius 3 is 2.89 bits per heavy atom. The van der Waals surface area contributed by atoms with E-state index in [1.54, 1.807) is 12.3 Å². The number of aromatic nitrogens is 3. The van der Waals surface area contributed by atoms with Crippen molar-refractivity contribution < 1.29 is 14.6 Å². The number of methoxy groups -OCH3 is 1. The van der Waals surface area contributed by atoms with Crippen molar-refractivity contribution in [2.24, 2.45) is 0 Å². The summed E-state index contributed by atoms with van der Waals surface area (Å²) >= 11 is 6.07. The second kappa shape index (κ2) is 5.38. The minimum Gasteiger partial charge on any atom is -0.478 e. The van der Waals surface area contributed by atoms with Gasteiger partial charge in [0.1, 0.15) is 16.4 Å². The Hall–Kier alpha value is -1.92. The van der Waals surface area contributed by atoms with Gasteiger partial charge in [0.25, 0.3) is 0 Å². The number of rotatable bonds is 4. The van der Waals surface area contributed by atoms with Gasteiger partial charge in [0.05, 0.1) is 6.61 Å². The quantitative estimate of drug-likeness (QED) is 0.928. The SMILES string of the molecule is COCc1nn(-c2cc(C)ccn2)c(Cl)c1C(=O)O. The van der Waals surface area contributed by atoms with E-state index < -0.39 is 5.97 Å². The van der Waals surface area contributed by atoms with Crippen LogP contribution in [0.5, 0.6) is 0 Å². The molecule has 0 radical (unpaired) electrons. The molecule has 0 bridgehead atoms. The monoisotopic (exact) mass is 281 g/mol. The number of hydrogen-bond donors (Lipinski definition) is 1. The first-order valence-electron chi connectivity index (χ1n) is 5.47. The van der Waals surface area contributed by atoms with Gasteiger partial charge >= 0.3 is 5.97 Å². The molecule has 2 heterocycles. The van der Waals surface area contributed by atoms with Gasteiger partial charge < -0.3 is 9.84 Å². The summed E-state index contributed by atoms with van der Waals surface area (Å²) in [6.45, 7) is 1.97. The molecule has 2 aromatic rings. The number of hydrogen-bond acceptors (Lipinski definition) is 4. The van der Waals surface area contributed by atoms with E-state index in [-0.39, 0.29) is 23.0 Å². The molecule has 2 rings (SSSR count). The first-order valence-corrected chi connectivity index (χ1v) is 5.85. The fourth-order valence-electron chi connectivity index (χ4n) is 1.68. The summed E-state index contributed by atoms with van der Waals surface area (Å²) in [6, 6.07) is 3.59. The summed E-state index contributed by atoms with van der Waals surface area (Å²) in [5.74, 6) is -0.675. The van der Waals surface area contributed by atoms with Gasteiger partial charge in [0.15, 0.2) is 5.82 Å². The van der Waals surface area contributed by atoms with Gasteiger partial charge in [0.2, 0.25) is 0 Å². The summed E-state index contributed by atoms with van der Waals surface area (Å²) in [6.07, 6.45) is 1.61. The first-order chi connectivity index (χ1) is 9.04. The van der Waals surface area contributed by atoms with Crippen molar-refractivity contribution in [3.8, 4) is 5.82 Å². The Bertz CT molecular complexity index is 625. The van der Waals surface area contributed by atoms with Crippen LogP contribution < -0.4 is 0 Å². The van der Waals surface area contributed by atoms with Crippen LogP contribution in [0, 0.1) is 6.92 Å². The molecule has 0 fully saturated rings. The van der Waals surface area contributed by atoms with Gasteiger partial charge in [0, 0.05) is 13.3 Å². The van der Waals surface area contributed by atoms with E-state index in [2.05, 4.69) is 10.1 Å². The van der Waals surface area contributed by atoms with Crippen LogP contribution in [0.15, 0.2) is 18.3 Å². The highest BCUT2D eigenvalue weighted by Gasteiger charge is 2.23. The van der Waals surface area contributed by atoms with Crippen LogP contribution in [0.3, 0.4) is 0 Å². The molecule has 0 aliphatic carbocycles. The van der Waals surface area contributed by atoms with Crippen molar-refractivity contribution in [1.29, 1.82) is 0 Å². The maximum atomic E-state index is 11.2. The molecule has 0 aromatic carbocycles. The maximum absolute atomic E-state index is 11.2. The lowest BCUT2D eigenvalue weighted by Gasteiger charge is -2.02. The molecule has 0 saturated heterocycles. The van der Waals surface area contributed by atoms with E-state index in [9.17, 15) is 9.90 Å². The third kappa shape index (κ3) is 2.59. The van der Waals surface area contributed by atoms with Gasteiger partial charge in [-0.15, -0.1) is 0 Å². The Balaban J connectivity index is 2.59. The van der Waals surface area contributed by atoms with Crippen molar-refractivity contribution in [1.82, 2.24) is 14.8 Å². The van der Waals surface area contributed by atoms with Gasteiger partial charge in [-0.25, -0.2) is 14.5 Å². The average molecular weight is 282 g/mol. The number of carbonyl (C=O) groups is 1. The topological polar surface area (TPSA) is 77.2 Å². The number of halogens is 1. The molecule has 0 unspecified atom stereocenters. The van der Waals surface area contributed by atoms with Crippen LogP contribution in [0.2, 0.25) is 5.15 Å². The molecule has 0 aliphatic heterocycles. The molecule has 0 spiro atoms. The minimum atomic E-state index is -1.14. The second-order valence-corrected chi connectivity index (χ2v) is 4.31. The molecule has 2 aromatic heterocycles. The van der Waals surface area contributed by atoms with E-state index in [0.29, 0.717) is 5.82 Å². The Kier molecular flexibility index (Phi) is 3.82. The molecular formula is C12H12ClN3O3. The molecule has 0 saturated carbocycles. The number of ether oxygens (including phenoxy) is 1. The van der Waals surface area contributed by atoms with Crippen LogP contribution >= 0.6 is 11.6 Å². The third-order valence-corrected chi connectivity index (χ3v) is 2.86. The molecule has 0 amide bonds. The zero-order chi connectivity index (χ0) is 14.0. The Labute approximate surface area is 114 Å². The normalized spacial score (nSPS) is 10.7. The number of carboxylic acids is 1. The Morgan fingerprint density at radius 2 is 2.32 bits per heavy atom. The van der Waals surface area contributed by atoms with Gasteiger partial charge in [-0.2, -0.15) is 5.10 Å². The van der Waals surface area contributed by atoms with Crippen molar-refractivity contribution in [3.63, 3.8) is 0 Å². The highest BCUT2D eigenvalue weighted by atomic mass is 35.5. The average Bonchev–Trinajstić information content (AvgIpc) is 2.67. The number of aromatic carboxylic acids is 1. The number of pyridine rings is 1. The van der Waals surface area contributed by atoms with Crippen LogP contribution in [0.25, 0.3) is 5.82 Å². The molecule has 19 heavy (non-hydrogen) atoms. The van der Waals surface area contributed by atoms with Crippen molar-refractivity contribution in [2.75, 3.05) is 7.11 Å². The lowest BCUT2D eigenvalue weighted by molar-refractivity contribution is 0.0692. The predicted molar refractivity (Wildman–Crippen MR) is 68.8 cm³/mol. The summed E-state index contributed by atoms with van der Waals surface area (Å²) in [7, 11) is 1.46.